The molecule has 38 heavy (non-hydrogen) atoms. The Kier molecular flexibility index (Phi) is 8.17. The average molecular weight is 535 g/mol. The number of benzene rings is 2. The van der Waals surface area contributed by atoms with Crippen molar-refractivity contribution in [2.24, 2.45) is 0 Å². The first-order valence-electron chi connectivity index (χ1n) is 11.9. The third-order valence-electron chi connectivity index (χ3n) is 5.50. The van der Waals surface area contributed by atoms with E-state index >= 15 is 0 Å². The molecule has 0 saturated carbocycles. The number of fused-ring (bicyclic) bond motifs is 1. The Morgan fingerprint density at radius 1 is 0.947 bits per heavy atom. The third-order valence-corrected chi connectivity index (χ3v) is 6.54. The molecule has 0 aliphatic heterocycles. The van der Waals surface area contributed by atoms with Gasteiger partial charge in [0.25, 0.3) is 17.4 Å². The van der Waals surface area contributed by atoms with Crippen LogP contribution in [0.1, 0.15) is 56.5 Å². The van der Waals surface area contributed by atoms with E-state index in [1.807, 2.05) is 6.92 Å². The molecule has 2 aromatic carbocycles. The minimum Gasteiger partial charge on any atom is -0.497 e. The van der Waals surface area contributed by atoms with E-state index in [1.54, 1.807) is 43.3 Å². The quantitative estimate of drug-likeness (QED) is 0.305. The van der Waals surface area contributed by atoms with Crippen LogP contribution in [0, 0.1) is 0 Å². The molecule has 196 valence electrons. The van der Waals surface area contributed by atoms with Crippen molar-refractivity contribution in [3.63, 3.8) is 0 Å². The molecule has 4 rings (SSSR count). The van der Waals surface area contributed by atoms with E-state index in [9.17, 15) is 19.2 Å². The number of ether oxygens (including phenoxy) is 2. The lowest BCUT2D eigenvalue weighted by atomic mass is 10.2. The number of carbonyl (C=O) groups excluding carboxylic acids is 3. The summed E-state index contributed by atoms with van der Waals surface area (Å²) in [4.78, 5) is 56.5. The predicted octanol–water partition coefficient (Wildman–Crippen LogP) is 4.40. The first-order chi connectivity index (χ1) is 18.3. The number of nitrogens with one attached hydrogen (secondary N) is 2. The van der Waals surface area contributed by atoms with Crippen molar-refractivity contribution in [1.82, 2.24) is 9.38 Å². The first kappa shape index (κ1) is 26.6. The number of carbonyl (C=O) groups is 3. The van der Waals surface area contributed by atoms with Crippen LogP contribution >= 0.6 is 11.3 Å². The number of hydrogen-bond donors (Lipinski definition) is 2. The number of anilines is 2. The van der Waals surface area contributed by atoms with Gasteiger partial charge in [-0.2, -0.15) is 0 Å². The zero-order valence-corrected chi connectivity index (χ0v) is 21.9. The van der Waals surface area contributed by atoms with Gasteiger partial charge in [-0.1, -0.05) is 24.7 Å². The van der Waals surface area contributed by atoms with Gasteiger partial charge in [0.15, 0.2) is 4.96 Å². The Balaban J connectivity index is 1.71. The third kappa shape index (κ3) is 5.73. The second-order valence-corrected chi connectivity index (χ2v) is 9.15. The molecule has 11 heteroatoms. The molecule has 0 unspecified atom stereocenters. The van der Waals surface area contributed by atoms with Crippen molar-refractivity contribution in [1.29, 1.82) is 0 Å². The van der Waals surface area contributed by atoms with Gasteiger partial charge < -0.3 is 20.1 Å². The summed E-state index contributed by atoms with van der Waals surface area (Å²) in [6, 6.07) is 14.2. The summed E-state index contributed by atoms with van der Waals surface area (Å²) in [6.45, 7) is 3.93. The van der Waals surface area contributed by atoms with E-state index in [1.165, 1.54) is 25.3 Å². The number of esters is 1. The van der Waals surface area contributed by atoms with E-state index in [4.69, 9.17) is 9.47 Å². The topological polar surface area (TPSA) is 128 Å². The first-order valence-corrected chi connectivity index (χ1v) is 12.8. The number of hydrogen-bond acceptors (Lipinski definition) is 8. The largest absolute Gasteiger partial charge is 0.497 e. The lowest BCUT2D eigenvalue weighted by Gasteiger charge is -2.09. The van der Waals surface area contributed by atoms with Gasteiger partial charge in [-0.05, 0) is 61.9 Å². The molecule has 0 bridgehead atoms. The molecule has 0 atom stereocenters. The smallest absolute Gasteiger partial charge is 0.338 e. The summed E-state index contributed by atoms with van der Waals surface area (Å²) >= 11 is 0.950. The maximum Gasteiger partial charge on any atom is 0.338 e. The Morgan fingerprint density at radius 2 is 1.58 bits per heavy atom. The summed E-state index contributed by atoms with van der Waals surface area (Å²) in [5.74, 6) is -1.10. The minimum atomic E-state index is -0.642. The standard InChI is InChI=1S/C27H26N4O6S/c1-4-6-19-15-21(32)31-22(24(33)28-18-11-13-20(36-3)14-12-18)23(38-27(31)30-19)25(34)29-17-9-7-16(8-10-17)26(35)37-5-2/h7-15H,4-6H2,1-3H3,(H,28,33)(H,29,34). The highest BCUT2D eigenvalue weighted by Crippen LogP contribution is 2.25. The lowest BCUT2D eigenvalue weighted by molar-refractivity contribution is 0.0526. The van der Waals surface area contributed by atoms with Crippen LogP contribution in [0.3, 0.4) is 0 Å². The molecular weight excluding hydrogens is 508 g/mol. The number of nitrogens with zero attached hydrogens (tertiary/aromatic N) is 2. The molecule has 0 aliphatic carbocycles. The van der Waals surface area contributed by atoms with Crippen LogP contribution in [-0.4, -0.2) is 40.9 Å². The molecule has 4 aromatic rings. The van der Waals surface area contributed by atoms with Crippen LogP contribution in [0.15, 0.2) is 59.4 Å². The van der Waals surface area contributed by atoms with Gasteiger partial charge in [0.1, 0.15) is 16.3 Å². The highest BCUT2D eigenvalue weighted by molar-refractivity contribution is 7.19. The average Bonchev–Trinajstić information content (AvgIpc) is 3.30. The van der Waals surface area contributed by atoms with Crippen molar-refractivity contribution in [3.8, 4) is 5.75 Å². The Bertz CT molecular complexity index is 1540. The van der Waals surface area contributed by atoms with Crippen LogP contribution < -0.4 is 20.9 Å². The lowest BCUT2D eigenvalue weighted by Crippen LogP contribution is -2.25. The second-order valence-electron chi connectivity index (χ2n) is 8.17. The number of rotatable bonds is 9. The number of amides is 2. The van der Waals surface area contributed by atoms with Crippen molar-refractivity contribution < 1.29 is 23.9 Å². The van der Waals surface area contributed by atoms with E-state index in [0.717, 1.165) is 22.2 Å². The predicted molar refractivity (Wildman–Crippen MR) is 145 cm³/mol. The van der Waals surface area contributed by atoms with Crippen LogP contribution in [0.5, 0.6) is 5.75 Å². The summed E-state index contributed by atoms with van der Waals surface area (Å²) < 4.78 is 11.3. The summed E-state index contributed by atoms with van der Waals surface area (Å²) in [6.07, 6.45) is 1.37. The Hall–Kier alpha value is -4.51. The molecule has 0 aliphatic rings. The molecule has 2 amide bonds. The van der Waals surface area contributed by atoms with E-state index in [2.05, 4.69) is 15.6 Å². The second kappa shape index (κ2) is 11.7. The molecule has 0 spiro atoms. The highest BCUT2D eigenvalue weighted by atomic mass is 32.1. The van der Waals surface area contributed by atoms with Gasteiger partial charge in [-0.3, -0.25) is 14.4 Å². The molecule has 2 aromatic heterocycles. The zero-order chi connectivity index (χ0) is 27.2. The molecule has 0 radical (unpaired) electrons. The fourth-order valence-corrected chi connectivity index (χ4v) is 4.76. The van der Waals surface area contributed by atoms with E-state index in [0.29, 0.717) is 34.8 Å². The number of aromatic nitrogens is 2. The molecular formula is C27H26N4O6S. The zero-order valence-electron chi connectivity index (χ0n) is 21.1. The van der Waals surface area contributed by atoms with Gasteiger partial charge in [0.05, 0.1) is 19.3 Å². The van der Waals surface area contributed by atoms with Gasteiger partial charge in [-0.25, -0.2) is 14.2 Å². The molecule has 2 N–H and O–H groups in total. The fourth-order valence-electron chi connectivity index (χ4n) is 3.72. The van der Waals surface area contributed by atoms with Crippen molar-refractivity contribution >= 4 is 45.5 Å². The van der Waals surface area contributed by atoms with Crippen LogP contribution in [0.2, 0.25) is 0 Å². The van der Waals surface area contributed by atoms with Crippen LogP contribution in [0.25, 0.3) is 4.96 Å². The number of methoxy groups -OCH3 is 1. The van der Waals surface area contributed by atoms with Crippen molar-refractivity contribution in [2.75, 3.05) is 24.4 Å². The SMILES string of the molecule is CCCc1cc(=O)n2c(C(=O)Nc3ccc(OC)cc3)c(C(=O)Nc3ccc(C(=O)OCC)cc3)sc2n1. The number of aryl methyl sites for hydroxylation is 1. The highest BCUT2D eigenvalue weighted by Gasteiger charge is 2.26. The normalized spacial score (nSPS) is 10.7. The van der Waals surface area contributed by atoms with Gasteiger partial charge >= 0.3 is 5.97 Å². The molecule has 0 saturated heterocycles. The van der Waals surface area contributed by atoms with Crippen LogP contribution in [-0.2, 0) is 11.2 Å². The van der Waals surface area contributed by atoms with E-state index in [-0.39, 0.29) is 22.1 Å². The fraction of sp³-hybridized carbons (Fsp3) is 0.222. The number of thiazole rings is 1. The van der Waals surface area contributed by atoms with Gasteiger partial charge in [0.2, 0.25) is 0 Å². The van der Waals surface area contributed by atoms with Gasteiger partial charge in [0, 0.05) is 23.1 Å². The Morgan fingerprint density at radius 3 is 2.18 bits per heavy atom. The van der Waals surface area contributed by atoms with Gasteiger partial charge in [-0.15, -0.1) is 0 Å². The van der Waals surface area contributed by atoms with E-state index < -0.39 is 23.3 Å². The molecule has 10 nitrogen and oxygen atoms in total. The maximum atomic E-state index is 13.4. The molecule has 0 fully saturated rings. The van der Waals surface area contributed by atoms with Crippen molar-refractivity contribution in [2.45, 2.75) is 26.7 Å². The van der Waals surface area contributed by atoms with Crippen LogP contribution in [0.4, 0.5) is 11.4 Å². The minimum absolute atomic E-state index is 0.0173. The summed E-state index contributed by atoms with van der Waals surface area (Å²) in [5.41, 5.74) is 1.20. The van der Waals surface area contributed by atoms with Crippen molar-refractivity contribution in [3.05, 3.63) is 86.8 Å². The summed E-state index contributed by atoms with van der Waals surface area (Å²) in [7, 11) is 1.53. The monoisotopic (exact) mass is 534 g/mol. The summed E-state index contributed by atoms with van der Waals surface area (Å²) in [5, 5.41) is 5.47. The Labute approximate surface area is 222 Å². The molecule has 2 heterocycles. The maximum absolute atomic E-state index is 13.4.